The van der Waals surface area contributed by atoms with E-state index in [1.165, 1.54) is 0 Å². The average Bonchev–Trinajstić information content (AvgIpc) is 2.92. The van der Waals surface area contributed by atoms with Gasteiger partial charge in [0.15, 0.2) is 10.7 Å². The van der Waals surface area contributed by atoms with Crippen LogP contribution in [0.15, 0.2) is 34.7 Å². The maximum atomic E-state index is 11.9. The van der Waals surface area contributed by atoms with Crippen molar-refractivity contribution in [3.63, 3.8) is 0 Å². The highest BCUT2D eigenvalue weighted by Crippen LogP contribution is 2.29. The summed E-state index contributed by atoms with van der Waals surface area (Å²) in [5.74, 6) is 0.0281. The molecule has 0 saturated carbocycles. The van der Waals surface area contributed by atoms with E-state index >= 15 is 0 Å². The van der Waals surface area contributed by atoms with Crippen LogP contribution in [0.5, 0.6) is 0 Å². The molecule has 0 aliphatic carbocycles. The van der Waals surface area contributed by atoms with Crippen molar-refractivity contribution >= 4 is 51.8 Å². The molecule has 5 nitrogen and oxygen atoms in total. The summed E-state index contributed by atoms with van der Waals surface area (Å²) in [5, 5.41) is 3.76. The van der Waals surface area contributed by atoms with E-state index < -0.39 is 0 Å². The minimum absolute atomic E-state index is 0.0616. The number of para-hydroxylation sites is 1. The van der Waals surface area contributed by atoms with Crippen LogP contribution >= 0.6 is 23.2 Å². The first-order chi connectivity index (χ1) is 11.4. The summed E-state index contributed by atoms with van der Waals surface area (Å²) in [6.45, 7) is 3.70. The second kappa shape index (κ2) is 6.79. The fourth-order valence-corrected chi connectivity index (χ4v) is 2.57. The average molecular weight is 364 g/mol. The number of fused-ring (bicyclic) bond motifs is 1. The third-order valence-electron chi connectivity index (χ3n) is 3.50. The number of hydrogen-bond acceptors (Lipinski definition) is 5. The van der Waals surface area contributed by atoms with Gasteiger partial charge in [-0.15, -0.1) is 0 Å². The fraction of sp³-hybridized carbons (Fsp3) is 0.235. The van der Waals surface area contributed by atoms with Crippen LogP contribution in [0.4, 0.5) is 11.7 Å². The van der Waals surface area contributed by atoms with Crippen LogP contribution < -0.4 is 5.32 Å². The molecule has 1 N–H and O–H groups in total. The van der Waals surface area contributed by atoms with Crippen molar-refractivity contribution in [1.82, 2.24) is 9.97 Å². The maximum absolute atomic E-state index is 11.9. The quantitative estimate of drug-likeness (QED) is 0.643. The molecule has 2 aromatic heterocycles. The molecule has 0 fully saturated rings. The maximum Gasteiger partial charge on any atom is 0.300 e. The Balaban J connectivity index is 1.92. The summed E-state index contributed by atoms with van der Waals surface area (Å²) in [6, 6.07) is 9.20. The summed E-state index contributed by atoms with van der Waals surface area (Å²) >= 11 is 12.3. The van der Waals surface area contributed by atoms with Crippen LogP contribution in [0.25, 0.3) is 11.1 Å². The first kappa shape index (κ1) is 16.7. The van der Waals surface area contributed by atoms with Gasteiger partial charge in [0, 0.05) is 18.4 Å². The standard InChI is InChI=1S/C17H15Cl2N3O2/c1-9(2)13(23)7-10-8-14-15(16(19)20-10)22-17(24-14)21-12-6-4-3-5-11(12)18/h3-6,8-9H,7H2,1-2H3,(H,21,22). The fourth-order valence-electron chi connectivity index (χ4n) is 2.14. The zero-order chi connectivity index (χ0) is 17.3. The number of rotatable bonds is 5. The molecule has 24 heavy (non-hydrogen) atoms. The Morgan fingerprint density at radius 2 is 2.00 bits per heavy atom. The predicted octanol–water partition coefficient (Wildman–Crippen LogP) is 5.04. The molecular formula is C17H15Cl2N3O2. The molecule has 124 valence electrons. The second-order valence-corrected chi connectivity index (χ2v) is 6.44. The number of Topliss-reactive ketones (excluding diaryl/α,β-unsaturated/α-hetero) is 1. The van der Waals surface area contributed by atoms with Gasteiger partial charge < -0.3 is 9.73 Å². The number of oxazole rings is 1. The first-order valence-electron chi connectivity index (χ1n) is 7.44. The van der Waals surface area contributed by atoms with Crippen molar-refractivity contribution < 1.29 is 9.21 Å². The van der Waals surface area contributed by atoms with Gasteiger partial charge in [0.25, 0.3) is 6.01 Å². The molecule has 2 heterocycles. The van der Waals surface area contributed by atoms with E-state index in [-0.39, 0.29) is 29.3 Å². The molecule has 0 amide bonds. The lowest BCUT2D eigenvalue weighted by molar-refractivity contribution is -0.121. The molecule has 0 aliphatic rings. The van der Waals surface area contributed by atoms with Crippen molar-refractivity contribution in [3.8, 4) is 0 Å². The second-order valence-electron chi connectivity index (χ2n) is 5.67. The number of nitrogens with zero attached hydrogens (tertiary/aromatic N) is 2. The van der Waals surface area contributed by atoms with E-state index in [2.05, 4.69) is 15.3 Å². The van der Waals surface area contributed by atoms with Crippen molar-refractivity contribution in [3.05, 3.63) is 46.2 Å². The van der Waals surface area contributed by atoms with Gasteiger partial charge in [-0.05, 0) is 12.1 Å². The smallest absolute Gasteiger partial charge is 0.300 e. The molecule has 1 aromatic carbocycles. The van der Waals surface area contributed by atoms with Crippen LogP contribution in [-0.2, 0) is 11.2 Å². The number of pyridine rings is 1. The minimum Gasteiger partial charge on any atom is -0.423 e. The Morgan fingerprint density at radius 3 is 2.71 bits per heavy atom. The molecule has 0 unspecified atom stereocenters. The van der Waals surface area contributed by atoms with Crippen LogP contribution in [0.2, 0.25) is 10.2 Å². The summed E-state index contributed by atoms with van der Waals surface area (Å²) in [7, 11) is 0. The lowest BCUT2D eigenvalue weighted by Crippen LogP contribution is -2.11. The number of carbonyl (C=O) groups is 1. The lowest BCUT2D eigenvalue weighted by atomic mass is 10.0. The summed E-state index contributed by atoms with van der Waals surface area (Å²) in [5.41, 5.74) is 2.14. The summed E-state index contributed by atoms with van der Waals surface area (Å²) in [4.78, 5) is 20.4. The monoisotopic (exact) mass is 363 g/mol. The molecule has 0 aliphatic heterocycles. The highest BCUT2D eigenvalue weighted by molar-refractivity contribution is 6.34. The third-order valence-corrected chi connectivity index (χ3v) is 4.10. The molecule has 0 bridgehead atoms. The van der Waals surface area contributed by atoms with Gasteiger partial charge in [-0.3, -0.25) is 4.79 Å². The van der Waals surface area contributed by atoms with Crippen molar-refractivity contribution in [2.24, 2.45) is 5.92 Å². The molecule has 0 saturated heterocycles. The van der Waals surface area contributed by atoms with Gasteiger partial charge in [-0.1, -0.05) is 49.2 Å². The Hall–Kier alpha value is -2.11. The Bertz CT molecular complexity index is 906. The first-order valence-corrected chi connectivity index (χ1v) is 8.20. The third kappa shape index (κ3) is 3.52. The number of nitrogens with one attached hydrogen (secondary N) is 1. The number of benzene rings is 1. The van der Waals surface area contributed by atoms with Crippen LogP contribution in [0, 0.1) is 5.92 Å². The molecule has 3 aromatic rings. The molecule has 7 heteroatoms. The van der Waals surface area contributed by atoms with Crippen LogP contribution in [-0.4, -0.2) is 15.8 Å². The molecular weight excluding hydrogens is 349 g/mol. The number of aromatic nitrogens is 2. The summed E-state index contributed by atoms with van der Waals surface area (Å²) < 4.78 is 5.67. The largest absolute Gasteiger partial charge is 0.423 e. The van der Waals surface area contributed by atoms with E-state index in [0.29, 0.717) is 27.5 Å². The van der Waals surface area contributed by atoms with Gasteiger partial charge in [0.1, 0.15) is 11.3 Å². The van der Waals surface area contributed by atoms with E-state index in [1.54, 1.807) is 12.1 Å². The van der Waals surface area contributed by atoms with Gasteiger partial charge in [0.2, 0.25) is 0 Å². The SMILES string of the molecule is CC(C)C(=O)Cc1cc2oc(Nc3ccccc3Cl)nc2c(Cl)n1. The van der Waals surface area contributed by atoms with E-state index in [4.69, 9.17) is 27.6 Å². The Morgan fingerprint density at radius 1 is 1.25 bits per heavy atom. The normalized spacial score (nSPS) is 11.2. The Kier molecular flexibility index (Phi) is 4.73. The molecule has 0 spiro atoms. The van der Waals surface area contributed by atoms with E-state index in [9.17, 15) is 4.79 Å². The number of carbonyl (C=O) groups excluding carboxylic acids is 1. The van der Waals surface area contributed by atoms with Gasteiger partial charge >= 0.3 is 0 Å². The van der Waals surface area contributed by atoms with E-state index in [0.717, 1.165) is 0 Å². The number of halogens is 2. The van der Waals surface area contributed by atoms with Gasteiger partial charge in [-0.25, -0.2) is 4.98 Å². The zero-order valence-corrected chi connectivity index (χ0v) is 14.6. The predicted molar refractivity (Wildman–Crippen MR) is 95.1 cm³/mol. The van der Waals surface area contributed by atoms with Crippen LogP contribution in [0.1, 0.15) is 19.5 Å². The molecule has 3 rings (SSSR count). The summed E-state index contributed by atoms with van der Waals surface area (Å²) in [6.07, 6.45) is 0.210. The highest BCUT2D eigenvalue weighted by atomic mass is 35.5. The van der Waals surface area contributed by atoms with Gasteiger partial charge in [0.05, 0.1) is 16.4 Å². The van der Waals surface area contributed by atoms with Crippen molar-refractivity contribution in [2.75, 3.05) is 5.32 Å². The Labute approximate surface area is 149 Å². The number of hydrogen-bond donors (Lipinski definition) is 1. The van der Waals surface area contributed by atoms with Crippen molar-refractivity contribution in [2.45, 2.75) is 20.3 Å². The van der Waals surface area contributed by atoms with Gasteiger partial charge in [-0.2, -0.15) is 4.98 Å². The lowest BCUT2D eigenvalue weighted by Gasteiger charge is -2.03. The highest BCUT2D eigenvalue weighted by Gasteiger charge is 2.16. The number of anilines is 2. The zero-order valence-electron chi connectivity index (χ0n) is 13.1. The molecule has 0 radical (unpaired) electrons. The molecule has 0 atom stereocenters. The van der Waals surface area contributed by atoms with Crippen LogP contribution in [0.3, 0.4) is 0 Å². The topological polar surface area (TPSA) is 68.0 Å². The number of ketones is 1. The minimum atomic E-state index is -0.0616. The van der Waals surface area contributed by atoms with Crippen molar-refractivity contribution in [1.29, 1.82) is 0 Å². The van der Waals surface area contributed by atoms with E-state index in [1.807, 2.05) is 32.0 Å².